The Hall–Kier alpha value is -1.78. The van der Waals surface area contributed by atoms with E-state index in [-0.39, 0.29) is 5.91 Å². The van der Waals surface area contributed by atoms with E-state index in [1.807, 2.05) is 25.1 Å². The zero-order valence-corrected chi connectivity index (χ0v) is 16.8. The van der Waals surface area contributed by atoms with Gasteiger partial charge in [-0.25, -0.2) is 15.0 Å². The second kappa shape index (κ2) is 8.07. The Kier molecular flexibility index (Phi) is 5.82. The SMILES string of the molecule is Cc1cccc(Cl)c1NC(=O)c1cnc(Nc2cc(CI)ncn2)s1. The lowest BCUT2D eigenvalue weighted by atomic mass is 10.2. The first-order chi connectivity index (χ1) is 12.1. The molecule has 128 valence electrons. The molecule has 0 saturated carbocycles. The van der Waals surface area contributed by atoms with E-state index in [2.05, 4.69) is 48.2 Å². The summed E-state index contributed by atoms with van der Waals surface area (Å²) < 4.78 is 0.789. The Morgan fingerprint density at radius 2 is 2.16 bits per heavy atom. The Morgan fingerprint density at radius 3 is 2.92 bits per heavy atom. The molecule has 1 amide bonds. The molecular weight excluding hydrogens is 473 g/mol. The zero-order chi connectivity index (χ0) is 17.8. The predicted octanol–water partition coefficient (Wildman–Crippen LogP) is 4.83. The van der Waals surface area contributed by atoms with Crippen LogP contribution in [0.3, 0.4) is 0 Å². The summed E-state index contributed by atoms with van der Waals surface area (Å²) in [4.78, 5) is 25.4. The Labute approximate surface area is 167 Å². The van der Waals surface area contributed by atoms with Gasteiger partial charge in [-0.05, 0) is 18.6 Å². The largest absolute Gasteiger partial charge is 0.320 e. The van der Waals surface area contributed by atoms with Gasteiger partial charge in [0.2, 0.25) is 0 Å². The van der Waals surface area contributed by atoms with Gasteiger partial charge < -0.3 is 10.6 Å². The van der Waals surface area contributed by atoms with Crippen LogP contribution in [0.5, 0.6) is 0 Å². The molecule has 9 heteroatoms. The average Bonchev–Trinajstić information content (AvgIpc) is 3.07. The van der Waals surface area contributed by atoms with Crippen molar-refractivity contribution in [1.82, 2.24) is 15.0 Å². The molecule has 1 aromatic carbocycles. The highest BCUT2D eigenvalue weighted by Crippen LogP contribution is 2.27. The van der Waals surface area contributed by atoms with E-state index in [1.54, 1.807) is 6.07 Å². The van der Waals surface area contributed by atoms with Gasteiger partial charge in [0.15, 0.2) is 5.13 Å². The van der Waals surface area contributed by atoms with Crippen LogP contribution in [0.25, 0.3) is 0 Å². The number of aryl methyl sites for hydroxylation is 1. The molecule has 0 saturated heterocycles. The fraction of sp³-hybridized carbons (Fsp3) is 0.125. The number of para-hydroxylation sites is 1. The molecular formula is C16H13ClIN5OS. The average molecular weight is 486 g/mol. The molecule has 0 fully saturated rings. The van der Waals surface area contributed by atoms with Crippen molar-refractivity contribution in [3.63, 3.8) is 0 Å². The van der Waals surface area contributed by atoms with Crippen molar-refractivity contribution in [1.29, 1.82) is 0 Å². The molecule has 0 unspecified atom stereocenters. The second-order valence-electron chi connectivity index (χ2n) is 5.07. The van der Waals surface area contributed by atoms with Gasteiger partial charge in [-0.2, -0.15) is 0 Å². The summed E-state index contributed by atoms with van der Waals surface area (Å²) in [6.45, 7) is 1.89. The number of alkyl halides is 1. The first kappa shape index (κ1) is 18.0. The number of amides is 1. The standard InChI is InChI=1S/C16H13ClIN5OS/c1-9-3-2-4-11(17)14(9)23-15(24)12-7-19-16(25-12)22-13-5-10(6-18)20-8-21-13/h2-5,7-8H,6H2,1H3,(H,23,24)(H,19,20,21,22). The van der Waals surface area contributed by atoms with Crippen LogP contribution in [0.4, 0.5) is 16.6 Å². The summed E-state index contributed by atoms with van der Waals surface area (Å²) in [5.41, 5.74) is 2.43. The van der Waals surface area contributed by atoms with E-state index < -0.39 is 0 Å². The predicted molar refractivity (Wildman–Crippen MR) is 109 cm³/mol. The molecule has 3 rings (SSSR count). The van der Waals surface area contributed by atoms with Gasteiger partial charge >= 0.3 is 0 Å². The maximum Gasteiger partial charge on any atom is 0.267 e. The molecule has 0 aliphatic carbocycles. The summed E-state index contributed by atoms with van der Waals surface area (Å²) in [5.74, 6) is 0.391. The molecule has 0 aliphatic rings. The number of carbonyl (C=O) groups excluding carboxylic acids is 1. The first-order valence-electron chi connectivity index (χ1n) is 7.23. The maximum absolute atomic E-state index is 12.4. The van der Waals surface area contributed by atoms with Crippen LogP contribution in [-0.2, 0) is 4.43 Å². The minimum atomic E-state index is -0.252. The highest BCUT2D eigenvalue weighted by molar-refractivity contribution is 14.1. The molecule has 0 radical (unpaired) electrons. The van der Waals surface area contributed by atoms with Crippen molar-refractivity contribution in [3.8, 4) is 0 Å². The topological polar surface area (TPSA) is 79.8 Å². The van der Waals surface area contributed by atoms with E-state index in [0.717, 1.165) is 15.7 Å². The van der Waals surface area contributed by atoms with Gasteiger partial charge in [-0.3, -0.25) is 4.79 Å². The number of nitrogens with one attached hydrogen (secondary N) is 2. The number of thiazole rings is 1. The number of anilines is 3. The fourth-order valence-electron chi connectivity index (χ4n) is 2.05. The molecule has 6 nitrogen and oxygen atoms in total. The van der Waals surface area contributed by atoms with Crippen molar-refractivity contribution in [2.75, 3.05) is 10.6 Å². The van der Waals surface area contributed by atoms with Crippen LogP contribution in [0.1, 0.15) is 20.9 Å². The lowest BCUT2D eigenvalue weighted by molar-refractivity contribution is 0.103. The second-order valence-corrected chi connectivity index (χ2v) is 7.27. The van der Waals surface area contributed by atoms with Crippen LogP contribution in [-0.4, -0.2) is 20.9 Å². The van der Waals surface area contributed by atoms with Gasteiger partial charge in [0, 0.05) is 10.5 Å². The summed E-state index contributed by atoms with van der Waals surface area (Å²) in [5, 5.41) is 7.01. The quantitative estimate of drug-likeness (QED) is 0.400. The summed E-state index contributed by atoms with van der Waals surface area (Å²) in [6, 6.07) is 7.32. The fourth-order valence-corrected chi connectivity index (χ4v) is 3.46. The third-order valence-electron chi connectivity index (χ3n) is 3.29. The van der Waals surface area contributed by atoms with Crippen LogP contribution in [0.15, 0.2) is 36.8 Å². The van der Waals surface area contributed by atoms with Crippen molar-refractivity contribution < 1.29 is 4.79 Å². The number of halogens is 2. The molecule has 0 aliphatic heterocycles. The highest BCUT2D eigenvalue weighted by atomic mass is 127. The van der Waals surface area contributed by atoms with Gasteiger partial charge in [0.25, 0.3) is 5.91 Å². The molecule has 2 N–H and O–H groups in total. The van der Waals surface area contributed by atoms with Crippen LogP contribution in [0, 0.1) is 6.92 Å². The molecule has 3 aromatic rings. The van der Waals surface area contributed by atoms with Crippen molar-refractivity contribution >= 4 is 68.1 Å². The maximum atomic E-state index is 12.4. The lowest BCUT2D eigenvalue weighted by Crippen LogP contribution is -2.11. The normalized spacial score (nSPS) is 10.5. The van der Waals surface area contributed by atoms with Crippen LogP contribution in [0.2, 0.25) is 5.02 Å². The molecule has 2 aromatic heterocycles. The molecule has 0 spiro atoms. The minimum absolute atomic E-state index is 0.252. The Morgan fingerprint density at radius 1 is 1.32 bits per heavy atom. The summed E-state index contributed by atoms with van der Waals surface area (Å²) in [6.07, 6.45) is 3.02. The number of hydrogen-bond acceptors (Lipinski definition) is 6. The highest BCUT2D eigenvalue weighted by Gasteiger charge is 2.14. The Balaban J connectivity index is 1.73. The van der Waals surface area contributed by atoms with Crippen molar-refractivity contribution in [3.05, 3.63) is 57.9 Å². The molecule has 2 heterocycles. The minimum Gasteiger partial charge on any atom is -0.320 e. The monoisotopic (exact) mass is 485 g/mol. The van der Waals surface area contributed by atoms with Crippen LogP contribution < -0.4 is 10.6 Å². The number of carbonyl (C=O) groups is 1. The van der Waals surface area contributed by atoms with E-state index in [9.17, 15) is 4.79 Å². The van der Waals surface area contributed by atoms with Gasteiger partial charge in [-0.1, -0.05) is 57.7 Å². The van der Waals surface area contributed by atoms with E-state index >= 15 is 0 Å². The molecule has 0 bridgehead atoms. The van der Waals surface area contributed by atoms with Gasteiger partial charge in [-0.15, -0.1) is 0 Å². The third kappa shape index (κ3) is 4.44. The number of nitrogens with zero attached hydrogens (tertiary/aromatic N) is 3. The summed E-state index contributed by atoms with van der Waals surface area (Å²) in [7, 11) is 0. The lowest BCUT2D eigenvalue weighted by Gasteiger charge is -2.08. The van der Waals surface area contributed by atoms with Crippen molar-refractivity contribution in [2.24, 2.45) is 0 Å². The van der Waals surface area contributed by atoms with Crippen LogP contribution >= 0.6 is 45.5 Å². The Bertz CT molecular complexity index is 897. The third-order valence-corrected chi connectivity index (χ3v) is 5.29. The zero-order valence-electron chi connectivity index (χ0n) is 13.1. The smallest absolute Gasteiger partial charge is 0.267 e. The number of rotatable bonds is 5. The van der Waals surface area contributed by atoms with E-state index in [0.29, 0.717) is 26.5 Å². The number of hydrogen-bond donors (Lipinski definition) is 2. The molecule has 0 atom stereocenters. The number of benzene rings is 1. The summed E-state index contributed by atoms with van der Waals surface area (Å²) >= 11 is 9.62. The van der Waals surface area contributed by atoms with E-state index in [4.69, 9.17) is 11.6 Å². The van der Waals surface area contributed by atoms with E-state index in [1.165, 1.54) is 23.9 Å². The van der Waals surface area contributed by atoms with Gasteiger partial charge in [0.1, 0.15) is 17.0 Å². The number of aromatic nitrogens is 3. The molecule has 25 heavy (non-hydrogen) atoms. The van der Waals surface area contributed by atoms with Gasteiger partial charge in [0.05, 0.1) is 22.6 Å². The van der Waals surface area contributed by atoms with Crippen molar-refractivity contribution in [2.45, 2.75) is 11.4 Å². The first-order valence-corrected chi connectivity index (χ1v) is 9.95.